The minimum absolute atomic E-state index is 0.224. The summed E-state index contributed by atoms with van der Waals surface area (Å²) in [6, 6.07) is 0. The third kappa shape index (κ3) is 1.29. The van der Waals surface area contributed by atoms with Gasteiger partial charge < -0.3 is 5.11 Å². The van der Waals surface area contributed by atoms with Crippen LogP contribution in [0, 0.1) is 0 Å². The minimum Gasteiger partial charge on any atom is -0.508 e. The molecule has 1 aliphatic carbocycles. The molecule has 1 heteroatoms. The van der Waals surface area contributed by atoms with E-state index >= 15 is 0 Å². The second-order valence-corrected chi connectivity index (χ2v) is 2.55. The topological polar surface area (TPSA) is 20.2 Å². The van der Waals surface area contributed by atoms with E-state index in [2.05, 4.69) is 12.7 Å². The van der Waals surface area contributed by atoms with Gasteiger partial charge in [-0.3, -0.25) is 0 Å². The lowest BCUT2D eigenvalue weighted by molar-refractivity contribution is 0.420. The Bertz CT molecular complexity index is 209. The molecule has 0 amide bonds. The summed E-state index contributed by atoms with van der Waals surface area (Å²) in [5.74, 6) is 0.224. The molecule has 0 spiro atoms. The molecule has 0 saturated carbocycles. The van der Waals surface area contributed by atoms with Gasteiger partial charge in [-0.25, -0.2) is 0 Å². The summed E-state index contributed by atoms with van der Waals surface area (Å²) in [6.07, 6.45) is 6.09. The second kappa shape index (κ2) is 2.74. The molecule has 0 bridgehead atoms. The Morgan fingerprint density at radius 1 is 1.70 bits per heavy atom. The summed E-state index contributed by atoms with van der Waals surface area (Å²) >= 11 is 0. The predicted octanol–water partition coefficient (Wildman–Crippen LogP) is 2.72. The lowest BCUT2D eigenvalue weighted by Gasteiger charge is -2.10. The second-order valence-electron chi connectivity index (χ2n) is 2.55. The van der Waals surface area contributed by atoms with E-state index < -0.39 is 0 Å². The number of hydrogen-bond acceptors (Lipinski definition) is 1. The van der Waals surface area contributed by atoms with E-state index in [1.807, 2.05) is 13.0 Å². The fraction of sp³-hybridized carbons (Fsp3) is 0.333. The summed E-state index contributed by atoms with van der Waals surface area (Å²) in [5.41, 5.74) is 2.14. The predicted molar refractivity (Wildman–Crippen MR) is 42.8 cm³/mol. The molecule has 0 atom stereocenters. The monoisotopic (exact) mass is 136 g/mol. The van der Waals surface area contributed by atoms with Crippen molar-refractivity contribution in [2.24, 2.45) is 0 Å². The Morgan fingerprint density at radius 3 is 2.80 bits per heavy atom. The van der Waals surface area contributed by atoms with Crippen molar-refractivity contribution in [1.82, 2.24) is 0 Å². The standard InChI is InChI=1S/C9H12O/c1-7-5-3-4-6-9(7)8(2)10/h3,5,10H,2,4,6H2,1H3. The Labute approximate surface area is 61.4 Å². The largest absolute Gasteiger partial charge is 0.508 e. The third-order valence-electron chi connectivity index (χ3n) is 1.75. The number of aliphatic hydroxyl groups is 1. The van der Waals surface area contributed by atoms with Crippen LogP contribution in [-0.2, 0) is 0 Å². The molecular formula is C9H12O. The maximum absolute atomic E-state index is 9.06. The molecule has 54 valence electrons. The molecular weight excluding hydrogens is 124 g/mol. The highest BCUT2D eigenvalue weighted by atomic mass is 16.3. The first-order chi connectivity index (χ1) is 4.72. The molecule has 1 aliphatic rings. The van der Waals surface area contributed by atoms with Crippen molar-refractivity contribution in [3.05, 3.63) is 35.6 Å². The van der Waals surface area contributed by atoms with Crippen LogP contribution in [0.3, 0.4) is 0 Å². The normalized spacial score (nSPS) is 17.7. The summed E-state index contributed by atoms with van der Waals surface area (Å²) in [6.45, 7) is 5.49. The van der Waals surface area contributed by atoms with E-state index in [1.54, 1.807) is 0 Å². The van der Waals surface area contributed by atoms with Crippen LogP contribution in [0.5, 0.6) is 0 Å². The SMILES string of the molecule is C=C(O)C1=C(C)C=CCC1. The highest BCUT2D eigenvalue weighted by molar-refractivity contribution is 5.36. The van der Waals surface area contributed by atoms with Crippen LogP contribution in [0.25, 0.3) is 0 Å². The Kier molecular flexibility index (Phi) is 1.95. The van der Waals surface area contributed by atoms with Gasteiger partial charge in [0.1, 0.15) is 5.76 Å². The van der Waals surface area contributed by atoms with Gasteiger partial charge in [-0.1, -0.05) is 18.7 Å². The van der Waals surface area contributed by atoms with E-state index in [9.17, 15) is 0 Å². The smallest absolute Gasteiger partial charge is 0.111 e. The van der Waals surface area contributed by atoms with Crippen LogP contribution in [-0.4, -0.2) is 5.11 Å². The van der Waals surface area contributed by atoms with Crippen LogP contribution < -0.4 is 0 Å². The first-order valence-corrected chi connectivity index (χ1v) is 3.46. The quantitative estimate of drug-likeness (QED) is 0.549. The van der Waals surface area contributed by atoms with E-state index in [4.69, 9.17) is 5.11 Å². The average molecular weight is 136 g/mol. The molecule has 1 rings (SSSR count). The highest BCUT2D eigenvalue weighted by Crippen LogP contribution is 2.22. The highest BCUT2D eigenvalue weighted by Gasteiger charge is 2.05. The first-order valence-electron chi connectivity index (χ1n) is 3.46. The average Bonchev–Trinajstić information content (AvgIpc) is 1.88. The maximum atomic E-state index is 9.06. The lowest BCUT2D eigenvalue weighted by atomic mass is 9.98. The molecule has 0 aromatic heterocycles. The van der Waals surface area contributed by atoms with Gasteiger partial charge in [-0.15, -0.1) is 0 Å². The van der Waals surface area contributed by atoms with Crippen molar-refractivity contribution in [2.45, 2.75) is 19.8 Å². The van der Waals surface area contributed by atoms with Crippen LogP contribution in [0.15, 0.2) is 35.6 Å². The van der Waals surface area contributed by atoms with E-state index in [1.165, 1.54) is 0 Å². The molecule has 1 nitrogen and oxygen atoms in total. The van der Waals surface area contributed by atoms with Gasteiger partial charge in [0.2, 0.25) is 0 Å². The zero-order chi connectivity index (χ0) is 7.56. The van der Waals surface area contributed by atoms with Gasteiger partial charge in [0.05, 0.1) is 0 Å². The summed E-state index contributed by atoms with van der Waals surface area (Å²) < 4.78 is 0. The molecule has 0 aromatic rings. The Hall–Kier alpha value is -0.980. The number of rotatable bonds is 1. The fourth-order valence-electron chi connectivity index (χ4n) is 1.16. The summed E-state index contributed by atoms with van der Waals surface area (Å²) in [4.78, 5) is 0. The fourth-order valence-corrected chi connectivity index (χ4v) is 1.16. The van der Waals surface area contributed by atoms with Gasteiger partial charge in [-0.2, -0.15) is 0 Å². The lowest BCUT2D eigenvalue weighted by Crippen LogP contribution is -1.94. The van der Waals surface area contributed by atoms with Gasteiger partial charge in [0, 0.05) is 0 Å². The molecule has 0 unspecified atom stereocenters. The van der Waals surface area contributed by atoms with E-state index in [-0.39, 0.29) is 5.76 Å². The third-order valence-corrected chi connectivity index (χ3v) is 1.75. The van der Waals surface area contributed by atoms with E-state index in [0.717, 1.165) is 24.0 Å². The van der Waals surface area contributed by atoms with Gasteiger partial charge >= 0.3 is 0 Å². The molecule has 0 fully saturated rings. The molecule has 0 aromatic carbocycles. The van der Waals surface area contributed by atoms with Crippen LogP contribution in [0.2, 0.25) is 0 Å². The number of aliphatic hydroxyl groups excluding tert-OH is 1. The van der Waals surface area contributed by atoms with E-state index in [0.29, 0.717) is 0 Å². The molecule has 0 aliphatic heterocycles. The van der Waals surface area contributed by atoms with Crippen molar-refractivity contribution >= 4 is 0 Å². The number of allylic oxidation sites excluding steroid dienone is 4. The van der Waals surface area contributed by atoms with Crippen molar-refractivity contribution in [3.8, 4) is 0 Å². The van der Waals surface area contributed by atoms with Gasteiger partial charge in [0.25, 0.3) is 0 Å². The summed E-state index contributed by atoms with van der Waals surface area (Å²) in [5, 5.41) is 9.06. The molecule has 0 heterocycles. The van der Waals surface area contributed by atoms with Gasteiger partial charge in [-0.05, 0) is 30.9 Å². The minimum atomic E-state index is 0.224. The van der Waals surface area contributed by atoms with Crippen molar-refractivity contribution in [2.75, 3.05) is 0 Å². The molecule has 1 N–H and O–H groups in total. The van der Waals surface area contributed by atoms with Crippen molar-refractivity contribution in [3.63, 3.8) is 0 Å². The van der Waals surface area contributed by atoms with Crippen LogP contribution in [0.4, 0.5) is 0 Å². The molecule has 0 saturated heterocycles. The van der Waals surface area contributed by atoms with Crippen molar-refractivity contribution in [1.29, 1.82) is 0 Å². The Balaban J connectivity index is 2.89. The zero-order valence-electron chi connectivity index (χ0n) is 6.22. The van der Waals surface area contributed by atoms with Crippen LogP contribution in [0.1, 0.15) is 19.8 Å². The molecule has 10 heavy (non-hydrogen) atoms. The maximum Gasteiger partial charge on any atom is 0.111 e. The number of hydrogen-bond donors (Lipinski definition) is 1. The zero-order valence-corrected chi connectivity index (χ0v) is 6.22. The molecule has 0 radical (unpaired) electrons. The first kappa shape index (κ1) is 7.13. The van der Waals surface area contributed by atoms with Crippen LogP contribution >= 0.6 is 0 Å². The van der Waals surface area contributed by atoms with Crippen molar-refractivity contribution < 1.29 is 5.11 Å². The summed E-state index contributed by atoms with van der Waals surface area (Å²) in [7, 11) is 0. The Morgan fingerprint density at radius 2 is 2.40 bits per heavy atom. The van der Waals surface area contributed by atoms with Gasteiger partial charge in [0.15, 0.2) is 0 Å².